The second-order valence-electron chi connectivity index (χ2n) is 10.4. The van der Waals surface area contributed by atoms with Gasteiger partial charge in [0.05, 0.1) is 29.2 Å². The number of alkyl halides is 2. The first-order valence-electron chi connectivity index (χ1n) is 13.8. The van der Waals surface area contributed by atoms with Crippen LogP contribution in [-0.2, 0) is 6.42 Å². The van der Waals surface area contributed by atoms with Crippen LogP contribution in [0.3, 0.4) is 0 Å². The number of aliphatic imine (C=N–C) groups is 1. The highest BCUT2D eigenvalue weighted by atomic mass is 19.3. The van der Waals surface area contributed by atoms with E-state index in [4.69, 9.17) is 9.73 Å². The van der Waals surface area contributed by atoms with Gasteiger partial charge in [-0.25, -0.2) is 23.7 Å². The maximum absolute atomic E-state index is 12.7. The Morgan fingerprint density at radius 1 is 1.00 bits per heavy atom. The Morgan fingerprint density at radius 2 is 1.75 bits per heavy atom. The average Bonchev–Trinajstić information content (AvgIpc) is 3.43. The summed E-state index contributed by atoms with van der Waals surface area (Å²) in [4.78, 5) is 18.0. The maximum atomic E-state index is 12.7. The molecule has 8 nitrogen and oxygen atoms in total. The van der Waals surface area contributed by atoms with Crippen molar-refractivity contribution < 1.29 is 13.5 Å². The molecule has 1 aromatic heterocycles. The number of benzene rings is 2. The molecule has 3 aromatic rings. The molecule has 3 aliphatic rings. The lowest BCUT2D eigenvalue weighted by atomic mass is 10.0. The van der Waals surface area contributed by atoms with Crippen molar-refractivity contribution in [2.45, 2.75) is 31.8 Å². The minimum Gasteiger partial charge on any atom is -0.489 e. The number of nitriles is 1. The number of ether oxygens (including phenoxy) is 1. The molecule has 4 heterocycles. The molecule has 0 unspecified atom stereocenters. The van der Waals surface area contributed by atoms with E-state index in [1.54, 1.807) is 6.33 Å². The number of hydrogen-bond donors (Lipinski definition) is 1. The number of nitrogens with zero attached hydrogens (tertiary/aromatic N) is 6. The van der Waals surface area contributed by atoms with Crippen LogP contribution in [0.15, 0.2) is 53.8 Å². The van der Waals surface area contributed by atoms with Crippen LogP contribution in [0.1, 0.15) is 29.7 Å². The van der Waals surface area contributed by atoms with Gasteiger partial charge in [-0.15, -0.1) is 0 Å². The standard InChI is InChI=1S/C30H31F2N7O/c31-28(32)18-38-11-13-39(14-12-38)23-4-1-20(2-5-23)25-16-26-30(37-25)29(36-19-35-26)21-3-6-27(22(15-21)17-33)40-24-7-9-34-10-8-24/h1-6,15,19,24,28,34H,7-14,16,18H2. The molecule has 3 aliphatic heterocycles. The van der Waals surface area contributed by atoms with Gasteiger partial charge in [0.2, 0.25) is 0 Å². The van der Waals surface area contributed by atoms with E-state index in [0.717, 1.165) is 72.9 Å². The minimum atomic E-state index is -2.29. The van der Waals surface area contributed by atoms with Crippen molar-refractivity contribution in [2.24, 2.45) is 4.99 Å². The number of piperazine rings is 1. The Kier molecular flexibility index (Phi) is 7.66. The summed E-state index contributed by atoms with van der Waals surface area (Å²) in [5.41, 5.74) is 6.57. The fourth-order valence-corrected chi connectivity index (χ4v) is 5.58. The fraction of sp³-hybridized carbons (Fsp3) is 0.400. The summed E-state index contributed by atoms with van der Waals surface area (Å²) >= 11 is 0. The number of anilines is 1. The quantitative estimate of drug-likeness (QED) is 0.478. The first-order valence-corrected chi connectivity index (χ1v) is 13.8. The number of piperidine rings is 1. The van der Waals surface area contributed by atoms with Crippen molar-refractivity contribution in [3.63, 3.8) is 0 Å². The average molecular weight is 544 g/mol. The van der Waals surface area contributed by atoms with Gasteiger partial charge in [-0.3, -0.25) is 4.90 Å². The van der Waals surface area contributed by atoms with E-state index < -0.39 is 6.43 Å². The smallest absolute Gasteiger partial charge is 0.251 e. The van der Waals surface area contributed by atoms with Crippen LogP contribution < -0.4 is 15.0 Å². The van der Waals surface area contributed by atoms with Crippen molar-refractivity contribution >= 4 is 17.1 Å². The van der Waals surface area contributed by atoms with Gasteiger partial charge in [-0.2, -0.15) is 5.26 Å². The van der Waals surface area contributed by atoms with Gasteiger partial charge in [0.1, 0.15) is 29.9 Å². The molecule has 2 saturated heterocycles. The van der Waals surface area contributed by atoms with Crippen LogP contribution in [0.5, 0.6) is 5.75 Å². The van der Waals surface area contributed by atoms with Crippen LogP contribution in [0.25, 0.3) is 11.3 Å². The summed E-state index contributed by atoms with van der Waals surface area (Å²) in [6, 6.07) is 16.1. The van der Waals surface area contributed by atoms with Crippen LogP contribution >= 0.6 is 0 Å². The highest BCUT2D eigenvalue weighted by molar-refractivity contribution is 6.07. The van der Waals surface area contributed by atoms with Crippen molar-refractivity contribution in [3.8, 4) is 23.1 Å². The van der Waals surface area contributed by atoms with Gasteiger partial charge in [0.15, 0.2) is 0 Å². The topological polar surface area (TPSA) is 89.7 Å². The largest absolute Gasteiger partial charge is 0.489 e. The summed E-state index contributed by atoms with van der Waals surface area (Å²) in [6.07, 6.45) is 1.80. The second kappa shape index (κ2) is 11.7. The Bertz CT molecular complexity index is 1420. The monoisotopic (exact) mass is 543 g/mol. The molecule has 0 spiro atoms. The Balaban J connectivity index is 1.18. The number of halogens is 2. The molecule has 0 atom stereocenters. The van der Waals surface area contributed by atoms with Gasteiger partial charge < -0.3 is 15.0 Å². The van der Waals surface area contributed by atoms with E-state index in [-0.39, 0.29) is 12.6 Å². The second-order valence-corrected chi connectivity index (χ2v) is 10.4. The van der Waals surface area contributed by atoms with Gasteiger partial charge >= 0.3 is 0 Å². The van der Waals surface area contributed by atoms with E-state index in [0.29, 0.717) is 36.5 Å². The number of hydrogen-bond acceptors (Lipinski definition) is 8. The van der Waals surface area contributed by atoms with E-state index in [9.17, 15) is 14.0 Å². The summed E-state index contributed by atoms with van der Waals surface area (Å²) in [6.45, 7) is 4.39. The van der Waals surface area contributed by atoms with Crippen molar-refractivity contribution in [1.29, 1.82) is 5.26 Å². The molecule has 206 valence electrons. The zero-order valence-corrected chi connectivity index (χ0v) is 22.2. The molecule has 40 heavy (non-hydrogen) atoms. The van der Waals surface area contributed by atoms with Crippen LogP contribution in [0.4, 0.5) is 20.2 Å². The maximum Gasteiger partial charge on any atom is 0.251 e. The molecular weight excluding hydrogens is 512 g/mol. The zero-order valence-electron chi connectivity index (χ0n) is 22.2. The van der Waals surface area contributed by atoms with Gasteiger partial charge in [0.25, 0.3) is 6.43 Å². The van der Waals surface area contributed by atoms with Gasteiger partial charge in [-0.05, 0) is 61.8 Å². The summed E-state index contributed by atoms with van der Waals surface area (Å²) in [5.74, 6) is 0.601. The van der Waals surface area contributed by atoms with Gasteiger partial charge in [-0.1, -0.05) is 12.1 Å². The molecule has 2 fully saturated rings. The Labute approximate surface area is 232 Å². The normalized spacial score (nSPS) is 17.9. The van der Waals surface area contributed by atoms with Crippen LogP contribution in [0.2, 0.25) is 0 Å². The molecule has 1 N–H and O–H groups in total. The highest BCUT2D eigenvalue weighted by Gasteiger charge is 2.24. The van der Waals surface area contributed by atoms with E-state index in [1.165, 1.54) is 0 Å². The minimum absolute atomic E-state index is 0.108. The van der Waals surface area contributed by atoms with E-state index >= 15 is 0 Å². The third kappa shape index (κ3) is 5.67. The molecule has 0 bridgehead atoms. The lowest BCUT2D eigenvalue weighted by Crippen LogP contribution is -2.47. The number of fused-ring (bicyclic) bond motifs is 1. The lowest BCUT2D eigenvalue weighted by molar-refractivity contribution is 0.0854. The number of nitrogens with one attached hydrogen (secondary N) is 1. The molecule has 0 radical (unpaired) electrons. The van der Waals surface area contributed by atoms with Crippen molar-refractivity contribution in [1.82, 2.24) is 20.2 Å². The van der Waals surface area contributed by atoms with Gasteiger partial charge in [0, 0.05) is 43.9 Å². The Hall–Kier alpha value is -3.94. The molecular formula is C30H31F2N7O. The molecule has 0 amide bonds. The van der Waals surface area contributed by atoms with Crippen LogP contribution in [0, 0.1) is 11.3 Å². The van der Waals surface area contributed by atoms with Crippen LogP contribution in [-0.4, -0.2) is 78.9 Å². The summed E-state index contributed by atoms with van der Waals surface area (Å²) in [7, 11) is 0. The van der Waals surface area contributed by atoms with Crippen molar-refractivity contribution in [3.05, 3.63) is 65.6 Å². The summed E-state index contributed by atoms with van der Waals surface area (Å²) < 4.78 is 31.5. The van der Waals surface area contributed by atoms with E-state index in [1.807, 2.05) is 23.1 Å². The number of rotatable bonds is 7. The van der Waals surface area contributed by atoms with E-state index in [2.05, 4.69) is 50.5 Å². The number of aromatic nitrogens is 2. The third-order valence-corrected chi connectivity index (χ3v) is 7.77. The highest BCUT2D eigenvalue weighted by Crippen LogP contribution is 2.37. The molecule has 0 aliphatic carbocycles. The van der Waals surface area contributed by atoms with Crippen molar-refractivity contribution in [2.75, 3.05) is 50.7 Å². The first kappa shape index (κ1) is 26.3. The fourth-order valence-electron chi connectivity index (χ4n) is 5.58. The molecule has 0 saturated carbocycles. The first-order chi connectivity index (χ1) is 19.6. The lowest BCUT2D eigenvalue weighted by Gasteiger charge is -2.36. The summed E-state index contributed by atoms with van der Waals surface area (Å²) in [5, 5.41) is 13.2. The molecule has 10 heteroatoms. The molecule has 6 rings (SSSR count). The Morgan fingerprint density at radius 3 is 2.48 bits per heavy atom. The third-order valence-electron chi connectivity index (χ3n) is 7.77. The predicted octanol–water partition coefficient (Wildman–Crippen LogP) is 4.21. The predicted molar refractivity (Wildman–Crippen MR) is 150 cm³/mol. The SMILES string of the molecule is N#Cc1cc(-c2ncnc3c2N=C(c2ccc(N4CCN(CC(F)F)CC4)cc2)C3)ccc1OC1CCNCC1. The zero-order chi connectivity index (χ0) is 27.5. The molecule has 2 aromatic carbocycles.